The molecule has 0 radical (unpaired) electrons. The lowest BCUT2D eigenvalue weighted by molar-refractivity contribution is -0.118. The summed E-state index contributed by atoms with van der Waals surface area (Å²) in [5, 5.41) is 13.5. The maximum absolute atomic E-state index is 10.8. The van der Waals surface area contributed by atoms with Gasteiger partial charge in [-0.15, -0.1) is 0 Å². The van der Waals surface area contributed by atoms with Crippen molar-refractivity contribution >= 4 is 28.4 Å². The molecule has 0 fully saturated rings. The van der Waals surface area contributed by atoms with E-state index in [-0.39, 0.29) is 11.7 Å². The molecule has 17 heavy (non-hydrogen) atoms. The molecule has 0 saturated heterocycles. The first-order valence-electron chi connectivity index (χ1n) is 5.31. The molecule has 0 saturated carbocycles. The van der Waals surface area contributed by atoms with Crippen molar-refractivity contribution in [2.45, 2.75) is 13.3 Å². The SMILES string of the molecule is CC(=O)NCCc1c[nH]c2cc(Cl)c(O)cc12. The largest absolute Gasteiger partial charge is 0.506 e. The monoisotopic (exact) mass is 252 g/mol. The first-order chi connectivity index (χ1) is 8.08. The summed E-state index contributed by atoms with van der Waals surface area (Å²) in [4.78, 5) is 13.8. The molecule has 0 bridgehead atoms. The van der Waals surface area contributed by atoms with Crippen LogP contribution in [-0.4, -0.2) is 22.5 Å². The average Bonchev–Trinajstić information content (AvgIpc) is 2.62. The lowest BCUT2D eigenvalue weighted by Gasteiger charge is -2.02. The van der Waals surface area contributed by atoms with E-state index >= 15 is 0 Å². The smallest absolute Gasteiger partial charge is 0.216 e. The van der Waals surface area contributed by atoms with E-state index in [1.54, 1.807) is 12.1 Å². The number of amides is 1. The van der Waals surface area contributed by atoms with Crippen LogP contribution in [0.2, 0.25) is 5.02 Å². The fourth-order valence-electron chi connectivity index (χ4n) is 1.77. The number of hydrogen-bond acceptors (Lipinski definition) is 2. The Kier molecular flexibility index (Phi) is 3.24. The maximum Gasteiger partial charge on any atom is 0.216 e. The van der Waals surface area contributed by atoms with Gasteiger partial charge in [-0.1, -0.05) is 11.6 Å². The number of hydrogen-bond donors (Lipinski definition) is 3. The summed E-state index contributed by atoms with van der Waals surface area (Å²) < 4.78 is 0. The van der Waals surface area contributed by atoms with Crippen molar-refractivity contribution in [2.24, 2.45) is 0 Å². The topological polar surface area (TPSA) is 65.1 Å². The number of aromatic amines is 1. The molecule has 0 atom stereocenters. The first kappa shape index (κ1) is 11.8. The molecular weight excluding hydrogens is 240 g/mol. The number of H-pyrrole nitrogens is 1. The van der Waals surface area contributed by atoms with E-state index in [1.165, 1.54) is 6.92 Å². The Balaban J connectivity index is 2.23. The second-order valence-corrected chi connectivity index (χ2v) is 4.30. The Morgan fingerprint density at radius 2 is 2.29 bits per heavy atom. The summed E-state index contributed by atoms with van der Waals surface area (Å²) in [6, 6.07) is 3.32. The van der Waals surface area contributed by atoms with Gasteiger partial charge in [0.2, 0.25) is 5.91 Å². The molecule has 1 aromatic carbocycles. The van der Waals surface area contributed by atoms with E-state index < -0.39 is 0 Å². The Morgan fingerprint density at radius 3 is 3.00 bits per heavy atom. The number of carbonyl (C=O) groups is 1. The molecule has 1 heterocycles. The van der Waals surface area contributed by atoms with Crippen molar-refractivity contribution in [3.05, 3.63) is 28.9 Å². The van der Waals surface area contributed by atoms with Crippen molar-refractivity contribution in [3.63, 3.8) is 0 Å². The highest BCUT2D eigenvalue weighted by Crippen LogP contribution is 2.30. The number of halogens is 1. The highest BCUT2D eigenvalue weighted by Gasteiger charge is 2.07. The van der Waals surface area contributed by atoms with E-state index in [1.807, 2.05) is 6.20 Å². The van der Waals surface area contributed by atoms with Crippen molar-refractivity contribution in [1.29, 1.82) is 0 Å². The number of rotatable bonds is 3. The van der Waals surface area contributed by atoms with Gasteiger partial charge in [0.15, 0.2) is 0 Å². The van der Waals surface area contributed by atoms with Crippen LogP contribution in [0, 0.1) is 0 Å². The highest BCUT2D eigenvalue weighted by atomic mass is 35.5. The molecule has 0 spiro atoms. The van der Waals surface area contributed by atoms with Gasteiger partial charge >= 0.3 is 0 Å². The van der Waals surface area contributed by atoms with Crippen LogP contribution >= 0.6 is 11.6 Å². The van der Waals surface area contributed by atoms with Crippen molar-refractivity contribution in [3.8, 4) is 5.75 Å². The van der Waals surface area contributed by atoms with E-state index in [9.17, 15) is 9.90 Å². The van der Waals surface area contributed by atoms with Crippen LogP contribution in [0.4, 0.5) is 0 Å². The summed E-state index contributed by atoms with van der Waals surface area (Å²) in [5.41, 5.74) is 1.92. The second-order valence-electron chi connectivity index (χ2n) is 3.90. The van der Waals surface area contributed by atoms with E-state index in [0.717, 1.165) is 16.5 Å². The van der Waals surface area contributed by atoms with Gasteiger partial charge in [0.25, 0.3) is 0 Å². The zero-order valence-electron chi connectivity index (χ0n) is 9.38. The molecular formula is C12H13ClN2O2. The minimum absolute atomic E-state index is 0.0456. The number of phenols is 1. The molecule has 4 nitrogen and oxygen atoms in total. The average molecular weight is 253 g/mol. The zero-order chi connectivity index (χ0) is 12.4. The zero-order valence-corrected chi connectivity index (χ0v) is 10.1. The predicted molar refractivity (Wildman–Crippen MR) is 67.4 cm³/mol. The number of nitrogens with one attached hydrogen (secondary N) is 2. The van der Waals surface area contributed by atoms with Gasteiger partial charge in [0.1, 0.15) is 5.75 Å². The number of aromatic nitrogens is 1. The minimum atomic E-state index is -0.0456. The van der Waals surface area contributed by atoms with Gasteiger partial charge in [0.05, 0.1) is 5.02 Å². The molecule has 0 aliphatic rings. The molecule has 1 amide bonds. The van der Waals surface area contributed by atoms with Crippen molar-refractivity contribution < 1.29 is 9.90 Å². The van der Waals surface area contributed by atoms with Crippen LogP contribution in [0.15, 0.2) is 18.3 Å². The number of benzene rings is 1. The molecule has 3 N–H and O–H groups in total. The van der Waals surface area contributed by atoms with Crippen molar-refractivity contribution in [1.82, 2.24) is 10.3 Å². The maximum atomic E-state index is 10.8. The van der Waals surface area contributed by atoms with Crippen LogP contribution in [0.5, 0.6) is 5.75 Å². The Morgan fingerprint density at radius 1 is 1.53 bits per heavy atom. The standard InChI is InChI=1S/C12H13ClN2O2/c1-7(16)14-3-2-8-6-15-11-5-10(13)12(17)4-9(8)11/h4-6,15,17H,2-3H2,1H3,(H,14,16). The first-order valence-corrected chi connectivity index (χ1v) is 5.68. The van der Waals surface area contributed by atoms with Crippen LogP contribution in [0.1, 0.15) is 12.5 Å². The molecule has 5 heteroatoms. The second kappa shape index (κ2) is 4.67. The van der Waals surface area contributed by atoms with Crippen LogP contribution in [0.25, 0.3) is 10.9 Å². The Bertz CT molecular complexity index is 563. The van der Waals surface area contributed by atoms with Gasteiger partial charge in [-0.05, 0) is 24.1 Å². The lowest BCUT2D eigenvalue weighted by atomic mass is 10.1. The summed E-state index contributed by atoms with van der Waals surface area (Å²) in [7, 11) is 0. The molecule has 0 unspecified atom stereocenters. The normalized spacial score (nSPS) is 10.7. The summed E-state index contributed by atoms with van der Waals surface area (Å²) in [5.74, 6) is 0.0234. The third-order valence-corrected chi connectivity index (χ3v) is 2.91. The molecule has 0 aliphatic carbocycles. The van der Waals surface area contributed by atoms with Gasteiger partial charge < -0.3 is 15.4 Å². The number of aromatic hydroxyl groups is 1. The van der Waals surface area contributed by atoms with Gasteiger partial charge in [-0.2, -0.15) is 0 Å². The summed E-state index contributed by atoms with van der Waals surface area (Å²) in [6.07, 6.45) is 2.57. The summed E-state index contributed by atoms with van der Waals surface area (Å²) in [6.45, 7) is 2.06. The van der Waals surface area contributed by atoms with Crippen molar-refractivity contribution in [2.75, 3.05) is 6.54 Å². The minimum Gasteiger partial charge on any atom is -0.506 e. The fraction of sp³-hybridized carbons (Fsp3) is 0.250. The predicted octanol–water partition coefficient (Wildman–Crippen LogP) is 2.21. The quantitative estimate of drug-likeness (QED) is 0.784. The van der Waals surface area contributed by atoms with Gasteiger partial charge in [-0.3, -0.25) is 4.79 Å². The molecule has 1 aromatic heterocycles. The Hall–Kier alpha value is -1.68. The Labute approximate surface area is 104 Å². The molecule has 2 aromatic rings. The molecule has 2 rings (SSSR count). The van der Waals surface area contributed by atoms with Gasteiger partial charge in [-0.25, -0.2) is 0 Å². The third kappa shape index (κ3) is 2.53. The van der Waals surface area contributed by atoms with Gasteiger partial charge in [0, 0.05) is 30.6 Å². The van der Waals surface area contributed by atoms with E-state index in [4.69, 9.17) is 11.6 Å². The lowest BCUT2D eigenvalue weighted by Crippen LogP contribution is -2.22. The fourth-order valence-corrected chi connectivity index (χ4v) is 1.93. The number of phenolic OH excluding ortho intramolecular Hbond substituents is 1. The number of carbonyl (C=O) groups excluding carboxylic acids is 1. The third-order valence-electron chi connectivity index (χ3n) is 2.60. The molecule has 0 aliphatic heterocycles. The van der Waals surface area contributed by atoms with E-state index in [2.05, 4.69) is 10.3 Å². The van der Waals surface area contributed by atoms with E-state index in [0.29, 0.717) is 18.0 Å². The van der Waals surface area contributed by atoms with Crippen LogP contribution in [-0.2, 0) is 11.2 Å². The summed E-state index contributed by atoms with van der Waals surface area (Å²) >= 11 is 5.82. The van der Waals surface area contributed by atoms with Crippen LogP contribution < -0.4 is 5.32 Å². The highest BCUT2D eigenvalue weighted by molar-refractivity contribution is 6.32. The van der Waals surface area contributed by atoms with Crippen LogP contribution in [0.3, 0.4) is 0 Å². The number of fused-ring (bicyclic) bond motifs is 1. The molecule has 90 valence electrons.